The zero-order valence-corrected chi connectivity index (χ0v) is 12.2. The Labute approximate surface area is 116 Å². The second-order valence-electron chi connectivity index (χ2n) is 5.24. The third kappa shape index (κ3) is 7.31. The summed E-state index contributed by atoms with van der Waals surface area (Å²) in [6.07, 6.45) is 8.38. The van der Waals surface area contributed by atoms with Crippen LogP contribution >= 0.6 is 0 Å². The van der Waals surface area contributed by atoms with Gasteiger partial charge < -0.3 is 9.64 Å². The van der Waals surface area contributed by atoms with Crippen molar-refractivity contribution < 1.29 is 14.3 Å². The van der Waals surface area contributed by atoms with Crippen LogP contribution < -0.4 is 0 Å². The highest BCUT2D eigenvalue weighted by Crippen LogP contribution is 2.07. The number of amides is 1. The Morgan fingerprint density at radius 3 is 2.42 bits per heavy atom. The van der Waals surface area contributed by atoms with Gasteiger partial charge in [0.2, 0.25) is 5.91 Å². The van der Waals surface area contributed by atoms with Gasteiger partial charge in [0.15, 0.2) is 0 Å². The number of carbonyl (C=O) groups excluding carboxylic acids is 2. The van der Waals surface area contributed by atoms with Crippen molar-refractivity contribution in [1.29, 1.82) is 0 Å². The fourth-order valence-corrected chi connectivity index (χ4v) is 2.24. The van der Waals surface area contributed by atoms with Crippen LogP contribution in [0.15, 0.2) is 0 Å². The molecule has 1 rings (SSSR count). The van der Waals surface area contributed by atoms with Gasteiger partial charge in [0, 0.05) is 32.5 Å². The maximum atomic E-state index is 11.8. The summed E-state index contributed by atoms with van der Waals surface area (Å²) in [6.45, 7) is 4.19. The number of piperidine rings is 1. The topological polar surface area (TPSA) is 46.6 Å². The van der Waals surface area contributed by atoms with E-state index in [0.29, 0.717) is 32.5 Å². The highest BCUT2D eigenvalue weighted by Gasteiger charge is 2.20. The number of rotatable bonds is 9. The summed E-state index contributed by atoms with van der Waals surface area (Å²) in [4.78, 5) is 24.6. The molecule has 0 N–H and O–H groups in total. The minimum Gasteiger partial charge on any atom is -0.372 e. The molecule has 0 bridgehead atoms. The first kappa shape index (κ1) is 16.2. The summed E-state index contributed by atoms with van der Waals surface area (Å²) in [5, 5.41) is 0. The van der Waals surface area contributed by atoms with E-state index in [1.807, 2.05) is 0 Å². The lowest BCUT2D eigenvalue weighted by molar-refractivity contribution is -0.138. The third-order valence-corrected chi connectivity index (χ3v) is 3.54. The summed E-state index contributed by atoms with van der Waals surface area (Å²) in [7, 11) is 0. The zero-order chi connectivity index (χ0) is 13.9. The lowest BCUT2D eigenvalue weighted by atomic mass is 10.1. The molecular weight excluding hydrogens is 242 g/mol. The molecular formula is C15H27NO3. The average molecular weight is 269 g/mol. The Bertz CT molecular complexity index is 269. The van der Waals surface area contributed by atoms with Crippen molar-refractivity contribution in [2.24, 2.45) is 0 Å². The Balaban J connectivity index is 1.94. The number of Topliss-reactive ketones (excluding diaryl/α,β-unsaturated/α-hetero) is 1. The van der Waals surface area contributed by atoms with Crippen LogP contribution in [0.25, 0.3) is 0 Å². The summed E-state index contributed by atoms with van der Waals surface area (Å²) in [5.41, 5.74) is 0. The van der Waals surface area contributed by atoms with Crippen molar-refractivity contribution >= 4 is 11.7 Å². The first-order valence-corrected chi connectivity index (χ1v) is 7.61. The highest BCUT2D eigenvalue weighted by atomic mass is 16.5. The Kier molecular flexibility index (Phi) is 8.47. The van der Waals surface area contributed by atoms with Crippen molar-refractivity contribution in [3.63, 3.8) is 0 Å². The second-order valence-corrected chi connectivity index (χ2v) is 5.24. The Morgan fingerprint density at radius 1 is 1.11 bits per heavy atom. The third-order valence-electron chi connectivity index (χ3n) is 3.54. The molecule has 19 heavy (non-hydrogen) atoms. The fraction of sp³-hybridized carbons (Fsp3) is 0.867. The molecule has 0 aromatic carbocycles. The quantitative estimate of drug-likeness (QED) is 0.604. The number of ketones is 1. The molecule has 1 amide bonds. The Morgan fingerprint density at radius 2 is 1.74 bits per heavy atom. The molecule has 0 unspecified atom stereocenters. The van der Waals surface area contributed by atoms with Gasteiger partial charge in [-0.1, -0.05) is 39.0 Å². The van der Waals surface area contributed by atoms with Crippen LogP contribution in [-0.4, -0.2) is 42.9 Å². The van der Waals surface area contributed by atoms with Crippen LogP contribution in [0.5, 0.6) is 0 Å². The lowest BCUT2D eigenvalue weighted by Gasteiger charge is -2.25. The summed E-state index contributed by atoms with van der Waals surface area (Å²) >= 11 is 0. The van der Waals surface area contributed by atoms with Crippen molar-refractivity contribution in [3.05, 3.63) is 0 Å². The van der Waals surface area contributed by atoms with Crippen LogP contribution in [0.4, 0.5) is 0 Å². The monoisotopic (exact) mass is 269 g/mol. The molecule has 1 saturated heterocycles. The van der Waals surface area contributed by atoms with Crippen LogP contribution in [0.3, 0.4) is 0 Å². The van der Waals surface area contributed by atoms with Gasteiger partial charge in [0.25, 0.3) is 0 Å². The van der Waals surface area contributed by atoms with Gasteiger partial charge in [-0.3, -0.25) is 9.59 Å². The van der Waals surface area contributed by atoms with Gasteiger partial charge in [-0.2, -0.15) is 0 Å². The molecule has 4 heteroatoms. The maximum absolute atomic E-state index is 11.8. The van der Waals surface area contributed by atoms with E-state index in [4.69, 9.17) is 4.74 Å². The van der Waals surface area contributed by atoms with Crippen molar-refractivity contribution in [2.75, 3.05) is 26.3 Å². The molecule has 0 aliphatic carbocycles. The molecule has 110 valence electrons. The number of carbonyl (C=O) groups is 2. The fourth-order valence-electron chi connectivity index (χ4n) is 2.24. The van der Waals surface area contributed by atoms with E-state index in [-0.39, 0.29) is 18.3 Å². The normalized spacial score (nSPS) is 15.8. The zero-order valence-electron chi connectivity index (χ0n) is 12.2. The largest absolute Gasteiger partial charge is 0.372 e. The van der Waals surface area contributed by atoms with Gasteiger partial charge in [-0.15, -0.1) is 0 Å². The van der Waals surface area contributed by atoms with E-state index in [1.54, 1.807) is 4.90 Å². The van der Waals surface area contributed by atoms with E-state index in [0.717, 1.165) is 6.42 Å². The molecule has 1 heterocycles. The van der Waals surface area contributed by atoms with Crippen LogP contribution in [-0.2, 0) is 14.3 Å². The molecule has 0 aromatic rings. The number of ether oxygens (including phenoxy) is 1. The van der Waals surface area contributed by atoms with Crippen LogP contribution in [0.2, 0.25) is 0 Å². The molecule has 0 saturated carbocycles. The van der Waals surface area contributed by atoms with Crippen LogP contribution in [0, 0.1) is 0 Å². The number of hydrogen-bond acceptors (Lipinski definition) is 3. The van der Waals surface area contributed by atoms with E-state index in [2.05, 4.69) is 6.92 Å². The summed E-state index contributed by atoms with van der Waals surface area (Å²) in [5.74, 6) is 0.288. The van der Waals surface area contributed by atoms with Gasteiger partial charge in [-0.25, -0.2) is 0 Å². The Hall–Kier alpha value is -0.900. The minimum absolute atomic E-state index is 0.0264. The van der Waals surface area contributed by atoms with E-state index < -0.39 is 0 Å². The molecule has 4 nitrogen and oxygen atoms in total. The van der Waals surface area contributed by atoms with Crippen molar-refractivity contribution in [2.45, 2.75) is 58.3 Å². The van der Waals surface area contributed by atoms with Gasteiger partial charge in [-0.05, 0) is 6.42 Å². The first-order chi connectivity index (χ1) is 9.24. The van der Waals surface area contributed by atoms with E-state index in [1.165, 1.54) is 32.1 Å². The molecule has 0 radical (unpaired) electrons. The lowest BCUT2D eigenvalue weighted by Crippen LogP contribution is -2.40. The molecule has 0 atom stereocenters. The second kappa shape index (κ2) is 9.96. The summed E-state index contributed by atoms with van der Waals surface area (Å²) in [6, 6.07) is 0. The molecule has 1 aliphatic rings. The maximum Gasteiger partial charge on any atom is 0.248 e. The van der Waals surface area contributed by atoms with Crippen LogP contribution in [0.1, 0.15) is 58.3 Å². The molecule has 0 spiro atoms. The minimum atomic E-state index is 0.0264. The average Bonchev–Trinajstić information content (AvgIpc) is 2.42. The van der Waals surface area contributed by atoms with Gasteiger partial charge in [0.05, 0.1) is 0 Å². The predicted octanol–water partition coefficient (Wildman–Crippen LogP) is 2.56. The SMILES string of the molecule is CCCCCCCCOCC(=O)N1CCC(=O)CC1. The standard InChI is InChI=1S/C15H27NO3/c1-2-3-4-5-6-7-12-19-13-15(18)16-10-8-14(17)9-11-16/h2-13H2,1H3. The first-order valence-electron chi connectivity index (χ1n) is 7.61. The highest BCUT2D eigenvalue weighted by molar-refractivity contribution is 5.83. The molecule has 1 fully saturated rings. The summed E-state index contributed by atoms with van der Waals surface area (Å²) < 4.78 is 5.41. The number of unbranched alkanes of at least 4 members (excludes halogenated alkanes) is 5. The number of likely N-dealkylation sites (tertiary alicyclic amines) is 1. The number of nitrogens with zero attached hydrogens (tertiary/aromatic N) is 1. The van der Waals surface area contributed by atoms with Crippen molar-refractivity contribution in [3.8, 4) is 0 Å². The van der Waals surface area contributed by atoms with Crippen molar-refractivity contribution in [1.82, 2.24) is 4.90 Å². The van der Waals surface area contributed by atoms with Gasteiger partial charge >= 0.3 is 0 Å². The number of hydrogen-bond donors (Lipinski definition) is 0. The molecule has 1 aliphatic heterocycles. The van der Waals surface area contributed by atoms with E-state index in [9.17, 15) is 9.59 Å². The smallest absolute Gasteiger partial charge is 0.248 e. The molecule has 0 aromatic heterocycles. The predicted molar refractivity (Wildman–Crippen MR) is 75.0 cm³/mol. The van der Waals surface area contributed by atoms with Gasteiger partial charge in [0.1, 0.15) is 12.4 Å². The van der Waals surface area contributed by atoms with E-state index >= 15 is 0 Å².